The summed E-state index contributed by atoms with van der Waals surface area (Å²) in [5.74, 6) is 0. The fourth-order valence-electron chi connectivity index (χ4n) is 0.834. The van der Waals surface area contributed by atoms with Crippen molar-refractivity contribution in [2.24, 2.45) is 0 Å². The maximum atomic E-state index is 11.0. The summed E-state index contributed by atoms with van der Waals surface area (Å²) in [4.78, 5) is 9.13. The second-order valence-corrected chi connectivity index (χ2v) is 5.76. The molecule has 5 nitrogen and oxygen atoms in total. The van der Waals surface area contributed by atoms with Crippen LogP contribution in [0.4, 0.5) is 5.69 Å². The average Bonchev–Trinajstić information content (AvgIpc) is 2.01. The highest BCUT2D eigenvalue weighted by atomic mass is 79.9. The van der Waals surface area contributed by atoms with Crippen molar-refractivity contribution in [2.75, 3.05) is 0 Å². The predicted molar refractivity (Wildman–Crippen MR) is 53.8 cm³/mol. The highest BCUT2D eigenvalue weighted by Gasteiger charge is 2.23. The fraction of sp³-hybridized carbons (Fsp3) is 0. The van der Waals surface area contributed by atoms with Crippen molar-refractivity contribution in [3.63, 3.8) is 0 Å². The van der Waals surface area contributed by atoms with Crippen molar-refractivity contribution >= 4 is 41.4 Å². The molecule has 0 bridgehead atoms. The van der Waals surface area contributed by atoms with E-state index in [2.05, 4.69) is 15.9 Å². The average molecular weight is 301 g/mol. The molecule has 0 heterocycles. The summed E-state index contributed by atoms with van der Waals surface area (Å²) in [7, 11) is 0.926. The van der Waals surface area contributed by atoms with E-state index in [1.165, 1.54) is 6.07 Å². The van der Waals surface area contributed by atoms with E-state index in [1.54, 1.807) is 0 Å². The van der Waals surface area contributed by atoms with E-state index in [-0.39, 0.29) is 0 Å². The van der Waals surface area contributed by atoms with Crippen molar-refractivity contribution in [1.29, 1.82) is 0 Å². The minimum atomic E-state index is -4.10. The lowest BCUT2D eigenvalue weighted by Gasteiger charge is -1.98. The van der Waals surface area contributed by atoms with Gasteiger partial charge in [-0.15, -0.1) is 0 Å². The van der Waals surface area contributed by atoms with E-state index < -0.39 is 24.6 Å². The summed E-state index contributed by atoms with van der Waals surface area (Å²) in [5.41, 5.74) is -0.539. The molecule has 0 unspecified atom stereocenters. The molecule has 0 atom stereocenters. The number of hydrogen-bond donors (Lipinski definition) is 0. The first-order chi connectivity index (χ1) is 6.32. The SMILES string of the molecule is O=[N+]([O-])c1ccc(Br)cc1S(=O)(=O)Cl. The second-order valence-electron chi connectivity index (χ2n) is 2.31. The van der Waals surface area contributed by atoms with Gasteiger partial charge in [0.1, 0.15) is 0 Å². The van der Waals surface area contributed by atoms with Crippen LogP contribution in [0.5, 0.6) is 0 Å². The molecule has 0 spiro atoms. The third kappa shape index (κ3) is 2.43. The largest absolute Gasteiger partial charge is 0.289 e. The lowest BCUT2D eigenvalue weighted by molar-refractivity contribution is -0.387. The van der Waals surface area contributed by atoms with Crippen LogP contribution in [-0.4, -0.2) is 13.3 Å². The summed E-state index contributed by atoms with van der Waals surface area (Å²) in [6.45, 7) is 0. The van der Waals surface area contributed by atoms with Crippen LogP contribution in [0.25, 0.3) is 0 Å². The Morgan fingerprint density at radius 3 is 2.43 bits per heavy atom. The topological polar surface area (TPSA) is 77.3 Å². The fourth-order valence-corrected chi connectivity index (χ4v) is 2.38. The molecule has 0 radical (unpaired) electrons. The molecular weight excluding hydrogens is 297 g/mol. The summed E-state index contributed by atoms with van der Waals surface area (Å²) in [6.07, 6.45) is 0. The molecule has 0 N–H and O–H groups in total. The molecule has 0 saturated carbocycles. The molecule has 0 fully saturated rings. The van der Waals surface area contributed by atoms with Crippen LogP contribution in [0.15, 0.2) is 27.6 Å². The summed E-state index contributed by atoms with van der Waals surface area (Å²) in [6, 6.07) is 3.52. The Morgan fingerprint density at radius 1 is 1.43 bits per heavy atom. The van der Waals surface area contributed by atoms with Gasteiger partial charge < -0.3 is 0 Å². The third-order valence-electron chi connectivity index (χ3n) is 1.38. The number of nitro benzene ring substituents is 1. The molecule has 76 valence electrons. The van der Waals surface area contributed by atoms with E-state index in [1.807, 2.05) is 0 Å². The first-order valence-electron chi connectivity index (χ1n) is 3.21. The predicted octanol–water partition coefficient (Wildman–Crippen LogP) is 2.28. The zero-order chi connectivity index (χ0) is 10.9. The highest BCUT2D eigenvalue weighted by molar-refractivity contribution is 9.10. The Kier molecular flexibility index (Phi) is 3.13. The minimum Gasteiger partial charge on any atom is -0.258 e. The summed E-state index contributed by atoms with van der Waals surface area (Å²) >= 11 is 2.99. The van der Waals surface area contributed by atoms with Crippen molar-refractivity contribution in [1.82, 2.24) is 0 Å². The molecule has 1 aromatic rings. The Labute approximate surface area is 92.4 Å². The Bertz CT molecular complexity index is 487. The standard InChI is InChI=1S/C6H3BrClNO4S/c7-4-1-2-5(9(10)11)6(3-4)14(8,12)13/h1-3H. The van der Waals surface area contributed by atoms with Gasteiger partial charge in [0.15, 0.2) is 4.90 Å². The minimum absolute atomic E-state index is 0.405. The maximum absolute atomic E-state index is 11.0. The van der Waals surface area contributed by atoms with E-state index in [4.69, 9.17) is 10.7 Å². The van der Waals surface area contributed by atoms with Crippen LogP contribution in [0.3, 0.4) is 0 Å². The van der Waals surface area contributed by atoms with Gasteiger partial charge in [0.2, 0.25) is 0 Å². The van der Waals surface area contributed by atoms with E-state index in [9.17, 15) is 18.5 Å². The van der Waals surface area contributed by atoms with E-state index in [0.717, 1.165) is 12.1 Å². The molecule has 0 aliphatic heterocycles. The van der Waals surface area contributed by atoms with Crippen LogP contribution in [0.2, 0.25) is 0 Å². The van der Waals surface area contributed by atoms with Crippen LogP contribution in [-0.2, 0) is 9.05 Å². The van der Waals surface area contributed by atoms with Crippen LogP contribution in [0, 0.1) is 10.1 Å². The van der Waals surface area contributed by atoms with Gasteiger partial charge in [-0.25, -0.2) is 8.42 Å². The van der Waals surface area contributed by atoms with Crippen molar-refractivity contribution in [2.45, 2.75) is 4.90 Å². The molecule has 0 saturated heterocycles. The van der Waals surface area contributed by atoms with Crippen molar-refractivity contribution in [3.8, 4) is 0 Å². The van der Waals surface area contributed by atoms with Gasteiger partial charge in [-0.3, -0.25) is 10.1 Å². The molecular formula is C6H3BrClNO4S. The van der Waals surface area contributed by atoms with Crippen LogP contribution < -0.4 is 0 Å². The Morgan fingerprint density at radius 2 is 2.00 bits per heavy atom. The number of nitro groups is 1. The lowest BCUT2D eigenvalue weighted by Crippen LogP contribution is -1.98. The molecule has 1 aromatic carbocycles. The van der Waals surface area contributed by atoms with Gasteiger partial charge in [-0.2, -0.15) is 0 Å². The molecule has 8 heteroatoms. The zero-order valence-electron chi connectivity index (χ0n) is 6.48. The molecule has 0 aliphatic carbocycles. The van der Waals surface area contributed by atoms with Gasteiger partial charge in [-0.1, -0.05) is 15.9 Å². The highest BCUT2D eigenvalue weighted by Crippen LogP contribution is 2.29. The molecule has 0 amide bonds. The van der Waals surface area contributed by atoms with Crippen molar-refractivity contribution < 1.29 is 13.3 Å². The van der Waals surface area contributed by atoms with Crippen LogP contribution >= 0.6 is 26.6 Å². The number of benzene rings is 1. The first kappa shape index (κ1) is 11.4. The Balaban J connectivity index is 3.54. The van der Waals surface area contributed by atoms with Gasteiger partial charge in [0, 0.05) is 21.2 Å². The van der Waals surface area contributed by atoms with Crippen molar-refractivity contribution in [3.05, 3.63) is 32.8 Å². The van der Waals surface area contributed by atoms with E-state index in [0.29, 0.717) is 4.47 Å². The monoisotopic (exact) mass is 299 g/mol. The normalized spacial score (nSPS) is 11.3. The molecule has 14 heavy (non-hydrogen) atoms. The number of halogens is 2. The first-order valence-corrected chi connectivity index (χ1v) is 6.31. The van der Waals surface area contributed by atoms with Gasteiger partial charge >= 0.3 is 0 Å². The van der Waals surface area contributed by atoms with Gasteiger partial charge in [0.05, 0.1) is 4.92 Å². The molecule has 0 aliphatic rings. The summed E-state index contributed by atoms with van der Waals surface area (Å²) in [5, 5.41) is 10.4. The van der Waals surface area contributed by atoms with E-state index >= 15 is 0 Å². The van der Waals surface area contributed by atoms with Crippen LogP contribution in [0.1, 0.15) is 0 Å². The zero-order valence-corrected chi connectivity index (χ0v) is 9.63. The Hall–Kier alpha value is -0.660. The second kappa shape index (κ2) is 3.84. The van der Waals surface area contributed by atoms with Gasteiger partial charge in [-0.05, 0) is 12.1 Å². The maximum Gasteiger partial charge on any atom is 0.289 e. The number of hydrogen-bond acceptors (Lipinski definition) is 4. The molecule has 0 aromatic heterocycles. The quantitative estimate of drug-likeness (QED) is 0.477. The third-order valence-corrected chi connectivity index (χ3v) is 3.23. The lowest BCUT2D eigenvalue weighted by atomic mass is 10.3. The number of nitrogens with zero attached hydrogens (tertiary/aromatic N) is 1. The molecule has 1 rings (SSSR count). The number of rotatable bonds is 2. The van der Waals surface area contributed by atoms with Gasteiger partial charge in [0.25, 0.3) is 14.7 Å². The summed E-state index contributed by atoms with van der Waals surface area (Å²) < 4.78 is 22.3. The smallest absolute Gasteiger partial charge is 0.258 e.